The number of carbonyl (C=O) groups is 1. The van der Waals surface area contributed by atoms with Crippen molar-refractivity contribution in [2.24, 2.45) is 0 Å². The highest BCUT2D eigenvalue weighted by Crippen LogP contribution is 2.27. The monoisotopic (exact) mass is 294 g/mol. The number of nitrogen functional groups attached to an aromatic ring is 1. The summed E-state index contributed by atoms with van der Waals surface area (Å²) in [6.45, 7) is 0. The van der Waals surface area contributed by atoms with Gasteiger partial charge in [0.15, 0.2) is 0 Å². The van der Waals surface area contributed by atoms with Gasteiger partial charge < -0.3 is 5.73 Å². The minimum absolute atomic E-state index is 0.199. The molecule has 0 saturated carbocycles. The van der Waals surface area contributed by atoms with Crippen LogP contribution in [0.1, 0.15) is 0 Å². The maximum atomic E-state index is 11.7. The maximum Gasteiger partial charge on any atom is 0.237 e. The van der Waals surface area contributed by atoms with E-state index in [1.807, 2.05) is 0 Å². The van der Waals surface area contributed by atoms with Crippen LogP contribution < -0.4 is 11.1 Å². The summed E-state index contributed by atoms with van der Waals surface area (Å²) in [6.07, 6.45) is 3.12. The quantitative estimate of drug-likeness (QED) is 0.669. The fourth-order valence-electron chi connectivity index (χ4n) is 1.30. The number of nitrogens with two attached hydrogens (primary N) is 1. The Morgan fingerprint density at radius 2 is 2.11 bits per heavy atom. The largest absolute Gasteiger partial charge is 0.398 e. The van der Waals surface area contributed by atoms with Crippen molar-refractivity contribution in [1.82, 2.24) is 9.97 Å². The predicted octanol–water partition coefficient (Wildman–Crippen LogP) is 2.44. The summed E-state index contributed by atoms with van der Waals surface area (Å²) in [5.41, 5.74) is 6.39. The van der Waals surface area contributed by atoms with E-state index in [1.165, 1.54) is 11.8 Å². The zero-order valence-electron chi connectivity index (χ0n) is 9.84. The number of anilines is 2. The van der Waals surface area contributed by atoms with E-state index in [4.69, 9.17) is 17.3 Å². The van der Waals surface area contributed by atoms with Crippen LogP contribution in [0.2, 0.25) is 5.02 Å². The number of halogens is 1. The molecule has 2 rings (SSSR count). The van der Waals surface area contributed by atoms with Crippen LogP contribution in [0.3, 0.4) is 0 Å². The second-order valence-corrected chi connectivity index (χ2v) is 5.05. The van der Waals surface area contributed by atoms with Crippen LogP contribution in [0.5, 0.6) is 0 Å². The molecule has 0 atom stereocenters. The number of hydrogen-bond acceptors (Lipinski definition) is 5. The van der Waals surface area contributed by atoms with Crippen LogP contribution in [0.15, 0.2) is 41.6 Å². The summed E-state index contributed by atoms with van der Waals surface area (Å²) >= 11 is 7.18. The van der Waals surface area contributed by atoms with Crippen molar-refractivity contribution in [2.75, 3.05) is 16.8 Å². The summed E-state index contributed by atoms with van der Waals surface area (Å²) in [5, 5.41) is 3.18. The lowest BCUT2D eigenvalue weighted by molar-refractivity contribution is -0.113. The van der Waals surface area contributed by atoms with Gasteiger partial charge in [-0.25, -0.2) is 9.97 Å². The molecule has 3 N–H and O–H groups in total. The smallest absolute Gasteiger partial charge is 0.237 e. The molecule has 19 heavy (non-hydrogen) atoms. The average Bonchev–Trinajstić information content (AvgIpc) is 2.41. The third-order valence-electron chi connectivity index (χ3n) is 2.15. The number of aromatic nitrogens is 2. The fraction of sp³-hybridized carbons (Fsp3) is 0.0833. The summed E-state index contributed by atoms with van der Waals surface area (Å²) in [6, 6.07) is 6.83. The summed E-state index contributed by atoms with van der Waals surface area (Å²) in [5.74, 6) is 0.297. The minimum atomic E-state index is -0.199. The Hall–Kier alpha value is -1.79. The number of amides is 1. The number of hydrogen-bond donors (Lipinski definition) is 2. The molecular formula is C12H11ClN4OS. The number of nitrogens with one attached hydrogen (secondary N) is 1. The zero-order chi connectivity index (χ0) is 13.7. The molecule has 1 aromatic carbocycles. The van der Waals surface area contributed by atoms with Crippen LogP contribution in [-0.4, -0.2) is 21.6 Å². The van der Waals surface area contributed by atoms with Gasteiger partial charge >= 0.3 is 0 Å². The Morgan fingerprint density at radius 3 is 2.84 bits per heavy atom. The molecule has 1 aromatic heterocycles. The van der Waals surface area contributed by atoms with Gasteiger partial charge in [0.25, 0.3) is 0 Å². The van der Waals surface area contributed by atoms with Crippen LogP contribution in [0, 0.1) is 0 Å². The standard InChI is InChI=1S/C12H11ClN4OS/c13-8-2-3-9(14)10(6-8)19-7-11(18)17-12-15-4-1-5-16-12/h1-6H,7,14H2,(H,15,16,17,18). The Morgan fingerprint density at radius 1 is 1.37 bits per heavy atom. The zero-order valence-corrected chi connectivity index (χ0v) is 11.4. The fourth-order valence-corrected chi connectivity index (χ4v) is 2.34. The molecule has 0 aliphatic carbocycles. The molecule has 7 heteroatoms. The summed E-state index contributed by atoms with van der Waals surface area (Å²) in [4.78, 5) is 20.3. The van der Waals surface area contributed by atoms with E-state index in [0.29, 0.717) is 10.7 Å². The van der Waals surface area contributed by atoms with E-state index < -0.39 is 0 Å². The highest BCUT2D eigenvalue weighted by Gasteiger charge is 2.07. The Balaban J connectivity index is 1.92. The number of thioether (sulfide) groups is 1. The minimum Gasteiger partial charge on any atom is -0.398 e. The first-order valence-corrected chi connectivity index (χ1v) is 6.76. The third-order valence-corrected chi connectivity index (χ3v) is 3.46. The predicted molar refractivity (Wildman–Crippen MR) is 77.3 cm³/mol. The van der Waals surface area contributed by atoms with Crippen molar-refractivity contribution in [3.8, 4) is 0 Å². The van der Waals surface area contributed by atoms with Gasteiger partial charge in [-0.1, -0.05) is 11.6 Å². The molecule has 0 aliphatic heterocycles. The van der Waals surface area contributed by atoms with Crippen molar-refractivity contribution >= 4 is 40.9 Å². The van der Waals surface area contributed by atoms with Gasteiger partial charge in [0.1, 0.15) is 0 Å². The second-order valence-electron chi connectivity index (χ2n) is 3.59. The van der Waals surface area contributed by atoms with Gasteiger partial charge in [-0.15, -0.1) is 11.8 Å². The van der Waals surface area contributed by atoms with E-state index >= 15 is 0 Å². The lowest BCUT2D eigenvalue weighted by Crippen LogP contribution is -2.15. The highest BCUT2D eigenvalue weighted by molar-refractivity contribution is 8.00. The summed E-state index contributed by atoms with van der Waals surface area (Å²) < 4.78 is 0. The van der Waals surface area contributed by atoms with Crippen molar-refractivity contribution in [1.29, 1.82) is 0 Å². The first-order chi connectivity index (χ1) is 9.15. The molecule has 0 unspecified atom stereocenters. The third kappa shape index (κ3) is 4.11. The Bertz CT molecular complexity index is 579. The topological polar surface area (TPSA) is 80.9 Å². The molecule has 0 spiro atoms. The van der Waals surface area contributed by atoms with Crippen molar-refractivity contribution in [3.63, 3.8) is 0 Å². The van der Waals surface area contributed by atoms with E-state index in [1.54, 1.807) is 36.7 Å². The molecule has 0 bridgehead atoms. The van der Waals surface area contributed by atoms with Crippen LogP contribution >= 0.6 is 23.4 Å². The SMILES string of the molecule is Nc1ccc(Cl)cc1SCC(=O)Nc1ncccn1. The second kappa shape index (κ2) is 6.40. The normalized spacial score (nSPS) is 10.2. The number of rotatable bonds is 4. The molecule has 1 amide bonds. The molecule has 5 nitrogen and oxygen atoms in total. The molecule has 2 aromatic rings. The van der Waals surface area contributed by atoms with Crippen LogP contribution in [-0.2, 0) is 4.79 Å². The van der Waals surface area contributed by atoms with E-state index in [-0.39, 0.29) is 17.6 Å². The number of benzene rings is 1. The molecule has 1 heterocycles. The average molecular weight is 295 g/mol. The maximum absolute atomic E-state index is 11.7. The van der Waals surface area contributed by atoms with Gasteiger partial charge in [-0.05, 0) is 24.3 Å². The van der Waals surface area contributed by atoms with E-state index in [0.717, 1.165) is 4.90 Å². The molecule has 0 saturated heterocycles. The van der Waals surface area contributed by atoms with Gasteiger partial charge in [-0.3, -0.25) is 10.1 Å². The van der Waals surface area contributed by atoms with Crippen LogP contribution in [0.25, 0.3) is 0 Å². The lowest BCUT2D eigenvalue weighted by Gasteiger charge is -2.06. The van der Waals surface area contributed by atoms with Gasteiger partial charge in [0, 0.05) is 28.0 Å². The van der Waals surface area contributed by atoms with Gasteiger partial charge in [-0.2, -0.15) is 0 Å². The lowest BCUT2D eigenvalue weighted by atomic mass is 10.3. The van der Waals surface area contributed by atoms with Crippen molar-refractivity contribution < 1.29 is 4.79 Å². The highest BCUT2D eigenvalue weighted by atomic mass is 35.5. The van der Waals surface area contributed by atoms with Crippen molar-refractivity contribution in [2.45, 2.75) is 4.90 Å². The Labute approximate surface area is 119 Å². The summed E-state index contributed by atoms with van der Waals surface area (Å²) in [7, 11) is 0. The van der Waals surface area contributed by atoms with Crippen molar-refractivity contribution in [3.05, 3.63) is 41.7 Å². The molecule has 0 fully saturated rings. The van der Waals surface area contributed by atoms with Gasteiger partial charge in [0.2, 0.25) is 11.9 Å². The first kappa shape index (κ1) is 13.6. The number of nitrogens with zero attached hydrogens (tertiary/aromatic N) is 2. The molecule has 0 radical (unpaired) electrons. The Kier molecular flexibility index (Phi) is 4.59. The van der Waals surface area contributed by atoms with Gasteiger partial charge in [0.05, 0.1) is 5.75 Å². The van der Waals surface area contributed by atoms with E-state index in [2.05, 4.69) is 15.3 Å². The number of carbonyl (C=O) groups excluding carboxylic acids is 1. The van der Waals surface area contributed by atoms with E-state index in [9.17, 15) is 4.79 Å². The molecule has 98 valence electrons. The van der Waals surface area contributed by atoms with Crippen LogP contribution in [0.4, 0.5) is 11.6 Å². The first-order valence-electron chi connectivity index (χ1n) is 5.40. The molecule has 0 aliphatic rings. The molecular weight excluding hydrogens is 284 g/mol.